The summed E-state index contributed by atoms with van der Waals surface area (Å²) in [6.45, 7) is 1.78. The first-order valence-corrected chi connectivity index (χ1v) is 8.47. The van der Waals surface area contributed by atoms with Crippen molar-refractivity contribution in [1.29, 1.82) is 0 Å². The highest BCUT2D eigenvalue weighted by Gasteiger charge is 2.28. The number of amides is 1. The normalized spacial score (nSPS) is 13.1. The maximum atomic E-state index is 12.2. The lowest BCUT2D eigenvalue weighted by atomic mass is 10.3. The summed E-state index contributed by atoms with van der Waals surface area (Å²) in [5.74, 6) is -0.357. The predicted octanol–water partition coefficient (Wildman–Crippen LogP) is 3.88. The van der Waals surface area contributed by atoms with E-state index in [1.165, 1.54) is 22.7 Å². The highest BCUT2D eigenvalue weighted by Crippen LogP contribution is 2.29. The standard InChI is InChI=1S/C14H15F3N2O2S2/c1-8(5-21-7-14(15,16)17)18-12(20)11-9(2)19-13(23-11)10-3-4-22-6-10/h3-4,6,8H,5,7H2,1-2H3,(H,18,20). The molecule has 0 aliphatic carbocycles. The summed E-state index contributed by atoms with van der Waals surface area (Å²) in [6.07, 6.45) is -4.37. The van der Waals surface area contributed by atoms with E-state index in [0.717, 1.165) is 10.6 Å². The minimum absolute atomic E-state index is 0.208. The molecular formula is C14H15F3N2O2S2. The fourth-order valence-corrected chi connectivity index (χ4v) is 3.48. The van der Waals surface area contributed by atoms with Gasteiger partial charge < -0.3 is 10.1 Å². The second-order valence-electron chi connectivity index (χ2n) is 4.95. The van der Waals surface area contributed by atoms with Crippen molar-refractivity contribution < 1.29 is 22.7 Å². The van der Waals surface area contributed by atoms with Crippen LogP contribution in [0.5, 0.6) is 0 Å². The molecule has 0 aromatic carbocycles. The highest BCUT2D eigenvalue weighted by molar-refractivity contribution is 7.17. The lowest BCUT2D eigenvalue weighted by molar-refractivity contribution is -0.174. The second kappa shape index (κ2) is 7.41. The average Bonchev–Trinajstić information content (AvgIpc) is 3.05. The monoisotopic (exact) mass is 364 g/mol. The van der Waals surface area contributed by atoms with E-state index < -0.39 is 18.8 Å². The molecule has 0 saturated heterocycles. The maximum Gasteiger partial charge on any atom is 0.411 e. The van der Waals surface area contributed by atoms with E-state index in [2.05, 4.69) is 15.0 Å². The van der Waals surface area contributed by atoms with Crippen LogP contribution in [0.3, 0.4) is 0 Å². The molecule has 2 aromatic heterocycles. The van der Waals surface area contributed by atoms with Gasteiger partial charge in [-0.15, -0.1) is 11.3 Å². The number of thiazole rings is 1. The number of carbonyl (C=O) groups is 1. The zero-order valence-electron chi connectivity index (χ0n) is 12.4. The van der Waals surface area contributed by atoms with Gasteiger partial charge in [0, 0.05) is 17.0 Å². The molecule has 2 heterocycles. The van der Waals surface area contributed by atoms with Crippen LogP contribution in [-0.4, -0.2) is 36.3 Å². The molecule has 1 amide bonds. The maximum absolute atomic E-state index is 12.2. The van der Waals surface area contributed by atoms with E-state index in [4.69, 9.17) is 0 Å². The Kier molecular flexibility index (Phi) is 5.77. The number of halogens is 3. The smallest absolute Gasteiger partial charge is 0.370 e. The molecule has 2 aromatic rings. The van der Waals surface area contributed by atoms with Gasteiger partial charge in [-0.05, 0) is 25.3 Å². The molecule has 9 heteroatoms. The van der Waals surface area contributed by atoms with E-state index in [1.54, 1.807) is 13.8 Å². The zero-order valence-corrected chi connectivity index (χ0v) is 14.1. The van der Waals surface area contributed by atoms with Crippen molar-refractivity contribution in [1.82, 2.24) is 10.3 Å². The molecule has 1 atom stereocenters. The number of hydrogen-bond donors (Lipinski definition) is 1. The minimum atomic E-state index is -4.37. The molecule has 0 fully saturated rings. The first-order chi connectivity index (χ1) is 10.8. The zero-order chi connectivity index (χ0) is 17.0. The number of nitrogens with one attached hydrogen (secondary N) is 1. The van der Waals surface area contributed by atoms with E-state index in [-0.39, 0.29) is 12.5 Å². The Hall–Kier alpha value is -1.45. The second-order valence-corrected chi connectivity index (χ2v) is 6.73. The van der Waals surface area contributed by atoms with E-state index in [1.807, 2.05) is 16.8 Å². The Bertz CT molecular complexity index is 654. The summed E-state index contributed by atoms with van der Waals surface area (Å²) >= 11 is 2.80. The Balaban J connectivity index is 1.93. The Labute approximate surface area is 139 Å². The summed E-state index contributed by atoms with van der Waals surface area (Å²) in [4.78, 5) is 17.0. The van der Waals surface area contributed by atoms with Crippen LogP contribution in [0.2, 0.25) is 0 Å². The average molecular weight is 364 g/mol. The molecule has 0 radical (unpaired) electrons. The molecule has 2 rings (SSSR count). The van der Waals surface area contributed by atoms with Crippen molar-refractivity contribution >= 4 is 28.6 Å². The number of aryl methyl sites for hydroxylation is 1. The quantitative estimate of drug-likeness (QED) is 0.846. The van der Waals surface area contributed by atoms with E-state index >= 15 is 0 Å². The van der Waals surface area contributed by atoms with Crippen LogP contribution >= 0.6 is 22.7 Å². The first-order valence-electron chi connectivity index (χ1n) is 6.71. The van der Waals surface area contributed by atoms with Gasteiger partial charge >= 0.3 is 6.18 Å². The summed E-state index contributed by atoms with van der Waals surface area (Å²) < 4.78 is 40.6. The summed E-state index contributed by atoms with van der Waals surface area (Å²) in [5.41, 5.74) is 1.54. The van der Waals surface area contributed by atoms with Gasteiger partial charge in [-0.1, -0.05) is 0 Å². The summed E-state index contributed by atoms with van der Waals surface area (Å²) in [7, 11) is 0. The van der Waals surface area contributed by atoms with Gasteiger partial charge in [0.25, 0.3) is 5.91 Å². The van der Waals surface area contributed by atoms with Gasteiger partial charge in [-0.25, -0.2) is 4.98 Å². The van der Waals surface area contributed by atoms with Gasteiger partial charge in [0.15, 0.2) is 0 Å². The van der Waals surface area contributed by atoms with E-state index in [0.29, 0.717) is 10.6 Å². The molecule has 0 aliphatic heterocycles. The molecule has 126 valence electrons. The topological polar surface area (TPSA) is 51.2 Å². The van der Waals surface area contributed by atoms with Crippen molar-refractivity contribution in [2.45, 2.75) is 26.1 Å². The first kappa shape index (κ1) is 17.9. The molecule has 23 heavy (non-hydrogen) atoms. The van der Waals surface area contributed by atoms with Crippen LogP contribution in [0.15, 0.2) is 16.8 Å². The van der Waals surface area contributed by atoms with E-state index in [9.17, 15) is 18.0 Å². The summed E-state index contributed by atoms with van der Waals surface area (Å²) in [6, 6.07) is 1.38. The fraction of sp³-hybridized carbons (Fsp3) is 0.429. The van der Waals surface area contributed by atoms with Gasteiger partial charge in [0.1, 0.15) is 16.5 Å². The Morgan fingerprint density at radius 2 is 2.22 bits per heavy atom. The largest absolute Gasteiger partial charge is 0.411 e. The van der Waals surface area contributed by atoms with Gasteiger partial charge in [0.05, 0.1) is 12.3 Å². The molecule has 4 nitrogen and oxygen atoms in total. The summed E-state index contributed by atoms with van der Waals surface area (Å²) in [5, 5.41) is 7.23. The molecule has 1 N–H and O–H groups in total. The fourth-order valence-electron chi connectivity index (χ4n) is 1.80. The van der Waals surface area contributed by atoms with Crippen LogP contribution in [0.4, 0.5) is 13.2 Å². The lowest BCUT2D eigenvalue weighted by Gasteiger charge is -2.14. The van der Waals surface area contributed by atoms with Crippen molar-refractivity contribution in [2.24, 2.45) is 0 Å². The third-order valence-corrected chi connectivity index (χ3v) is 4.67. The van der Waals surface area contributed by atoms with Crippen LogP contribution in [0.1, 0.15) is 22.3 Å². The SMILES string of the molecule is Cc1nc(-c2ccsc2)sc1C(=O)NC(C)COCC(F)(F)F. The van der Waals surface area contributed by atoms with Gasteiger partial charge in [0.2, 0.25) is 0 Å². The third-order valence-electron chi connectivity index (χ3n) is 2.78. The Morgan fingerprint density at radius 1 is 1.48 bits per heavy atom. The highest BCUT2D eigenvalue weighted by atomic mass is 32.1. The Morgan fingerprint density at radius 3 is 2.83 bits per heavy atom. The number of rotatable bonds is 6. The van der Waals surface area contributed by atoms with Crippen LogP contribution in [-0.2, 0) is 4.74 Å². The number of ether oxygens (including phenoxy) is 1. The van der Waals surface area contributed by atoms with Crippen molar-refractivity contribution in [3.63, 3.8) is 0 Å². The molecular weight excluding hydrogens is 349 g/mol. The number of aromatic nitrogens is 1. The molecule has 0 spiro atoms. The van der Waals surface area contributed by atoms with Crippen LogP contribution in [0.25, 0.3) is 10.6 Å². The third kappa shape index (κ3) is 5.29. The van der Waals surface area contributed by atoms with Crippen molar-refractivity contribution in [2.75, 3.05) is 13.2 Å². The predicted molar refractivity (Wildman–Crippen MR) is 84.0 cm³/mol. The number of carbonyl (C=O) groups excluding carboxylic acids is 1. The molecule has 0 saturated carbocycles. The van der Waals surface area contributed by atoms with Crippen LogP contribution < -0.4 is 5.32 Å². The minimum Gasteiger partial charge on any atom is -0.370 e. The van der Waals surface area contributed by atoms with Crippen LogP contribution in [0, 0.1) is 6.92 Å². The van der Waals surface area contributed by atoms with Crippen molar-refractivity contribution in [3.05, 3.63) is 27.4 Å². The van der Waals surface area contributed by atoms with Gasteiger partial charge in [-0.3, -0.25) is 4.79 Å². The number of thiophene rings is 1. The number of nitrogens with zero attached hydrogens (tertiary/aromatic N) is 1. The molecule has 0 bridgehead atoms. The van der Waals surface area contributed by atoms with Gasteiger partial charge in [-0.2, -0.15) is 24.5 Å². The molecule has 0 aliphatic rings. The molecule has 1 unspecified atom stereocenters. The number of alkyl halides is 3. The lowest BCUT2D eigenvalue weighted by Crippen LogP contribution is -2.36. The van der Waals surface area contributed by atoms with Crippen molar-refractivity contribution in [3.8, 4) is 10.6 Å². The number of hydrogen-bond acceptors (Lipinski definition) is 5.